The molecule has 1 heterocycles. The van der Waals surface area contributed by atoms with Crippen molar-refractivity contribution in [3.05, 3.63) is 35.4 Å². The smallest absolute Gasteiger partial charge is 0.220 e. The maximum Gasteiger partial charge on any atom is 0.220 e. The Balaban J connectivity index is 1.81. The SMILES string of the molecule is CC1CNCCC1NC(=O)CCc1ccc(C(C)(C)C)cc1. The third-order valence-electron chi connectivity index (χ3n) is 4.59. The Bertz CT molecular complexity index is 487. The van der Waals surface area contributed by atoms with Crippen molar-refractivity contribution < 1.29 is 4.79 Å². The average molecular weight is 302 g/mol. The lowest BCUT2D eigenvalue weighted by Crippen LogP contribution is -2.48. The molecule has 0 spiro atoms. The minimum absolute atomic E-state index is 0.179. The summed E-state index contributed by atoms with van der Waals surface area (Å²) in [5.74, 6) is 0.697. The lowest BCUT2D eigenvalue weighted by Gasteiger charge is -2.30. The van der Waals surface area contributed by atoms with Gasteiger partial charge in [0.15, 0.2) is 0 Å². The van der Waals surface area contributed by atoms with Crippen LogP contribution in [-0.4, -0.2) is 25.0 Å². The number of amides is 1. The van der Waals surface area contributed by atoms with Gasteiger partial charge in [-0.25, -0.2) is 0 Å². The van der Waals surface area contributed by atoms with Gasteiger partial charge in [0.25, 0.3) is 0 Å². The molecule has 1 fully saturated rings. The Morgan fingerprint density at radius 2 is 1.95 bits per heavy atom. The van der Waals surface area contributed by atoms with E-state index in [1.165, 1.54) is 11.1 Å². The van der Waals surface area contributed by atoms with Crippen LogP contribution in [0.15, 0.2) is 24.3 Å². The van der Waals surface area contributed by atoms with Crippen LogP contribution in [0.2, 0.25) is 0 Å². The minimum atomic E-state index is 0.179. The fraction of sp³-hybridized carbons (Fsp3) is 0.632. The van der Waals surface area contributed by atoms with Crippen molar-refractivity contribution in [1.82, 2.24) is 10.6 Å². The first-order chi connectivity index (χ1) is 10.4. The summed E-state index contributed by atoms with van der Waals surface area (Å²) in [5.41, 5.74) is 2.76. The Labute approximate surface area is 134 Å². The van der Waals surface area contributed by atoms with Gasteiger partial charge in [0.1, 0.15) is 0 Å². The summed E-state index contributed by atoms with van der Waals surface area (Å²) in [5, 5.41) is 6.56. The Hall–Kier alpha value is -1.35. The van der Waals surface area contributed by atoms with Crippen molar-refractivity contribution in [3.8, 4) is 0 Å². The monoisotopic (exact) mass is 302 g/mol. The molecule has 2 atom stereocenters. The molecule has 2 rings (SSSR count). The topological polar surface area (TPSA) is 41.1 Å². The second-order valence-electron chi connectivity index (χ2n) is 7.59. The van der Waals surface area contributed by atoms with E-state index < -0.39 is 0 Å². The van der Waals surface area contributed by atoms with Crippen molar-refractivity contribution in [1.29, 1.82) is 0 Å². The van der Waals surface area contributed by atoms with Crippen LogP contribution in [0.3, 0.4) is 0 Å². The highest BCUT2D eigenvalue weighted by Gasteiger charge is 2.22. The van der Waals surface area contributed by atoms with Crippen molar-refractivity contribution >= 4 is 5.91 Å². The van der Waals surface area contributed by atoms with E-state index in [0.717, 1.165) is 25.9 Å². The van der Waals surface area contributed by atoms with Gasteiger partial charge in [-0.1, -0.05) is 52.0 Å². The number of piperidine rings is 1. The number of carbonyl (C=O) groups excluding carboxylic acids is 1. The van der Waals surface area contributed by atoms with Crippen LogP contribution in [0.5, 0.6) is 0 Å². The molecular weight excluding hydrogens is 272 g/mol. The largest absolute Gasteiger partial charge is 0.353 e. The first-order valence-corrected chi connectivity index (χ1v) is 8.46. The van der Waals surface area contributed by atoms with E-state index in [4.69, 9.17) is 0 Å². The van der Waals surface area contributed by atoms with Crippen molar-refractivity contribution in [2.24, 2.45) is 5.92 Å². The molecule has 3 heteroatoms. The van der Waals surface area contributed by atoms with Gasteiger partial charge < -0.3 is 10.6 Å². The highest BCUT2D eigenvalue weighted by atomic mass is 16.1. The molecule has 22 heavy (non-hydrogen) atoms. The molecule has 1 aliphatic heterocycles. The van der Waals surface area contributed by atoms with Gasteiger partial charge in [-0.2, -0.15) is 0 Å². The molecule has 122 valence electrons. The number of aryl methyl sites for hydroxylation is 1. The molecule has 1 aromatic carbocycles. The molecule has 1 saturated heterocycles. The second kappa shape index (κ2) is 7.28. The van der Waals surface area contributed by atoms with E-state index in [-0.39, 0.29) is 11.3 Å². The Kier molecular flexibility index (Phi) is 5.63. The van der Waals surface area contributed by atoms with Gasteiger partial charge in [0, 0.05) is 12.5 Å². The van der Waals surface area contributed by atoms with Crippen molar-refractivity contribution in [2.45, 2.75) is 58.4 Å². The molecule has 0 bridgehead atoms. The normalized spacial score (nSPS) is 22.4. The van der Waals surface area contributed by atoms with Crippen LogP contribution in [-0.2, 0) is 16.6 Å². The number of carbonyl (C=O) groups is 1. The van der Waals surface area contributed by atoms with Crippen LogP contribution < -0.4 is 10.6 Å². The zero-order valence-corrected chi connectivity index (χ0v) is 14.4. The van der Waals surface area contributed by atoms with Gasteiger partial charge in [-0.3, -0.25) is 4.79 Å². The molecule has 0 saturated carbocycles. The van der Waals surface area contributed by atoms with Crippen LogP contribution in [0.4, 0.5) is 0 Å². The predicted octanol–water partition coefficient (Wildman–Crippen LogP) is 3.03. The average Bonchev–Trinajstić information content (AvgIpc) is 2.47. The summed E-state index contributed by atoms with van der Waals surface area (Å²) >= 11 is 0. The number of nitrogens with one attached hydrogen (secondary N) is 2. The van der Waals surface area contributed by atoms with E-state index in [0.29, 0.717) is 18.4 Å². The van der Waals surface area contributed by atoms with Crippen molar-refractivity contribution in [3.63, 3.8) is 0 Å². The molecule has 0 radical (unpaired) electrons. The van der Waals surface area contributed by atoms with Gasteiger partial charge in [0.05, 0.1) is 0 Å². The molecule has 1 aromatic rings. The molecule has 3 nitrogen and oxygen atoms in total. The molecule has 0 aliphatic carbocycles. The standard InChI is InChI=1S/C19H30N2O/c1-14-13-20-12-11-17(14)21-18(22)10-7-15-5-8-16(9-6-15)19(2,3)4/h5-6,8-9,14,17,20H,7,10-13H2,1-4H3,(H,21,22). The summed E-state index contributed by atoms with van der Waals surface area (Å²) in [7, 11) is 0. The van der Waals surface area contributed by atoms with Crippen LogP contribution in [0, 0.1) is 5.92 Å². The maximum absolute atomic E-state index is 12.1. The zero-order valence-electron chi connectivity index (χ0n) is 14.4. The van der Waals surface area contributed by atoms with E-state index in [1.54, 1.807) is 0 Å². The summed E-state index contributed by atoms with van der Waals surface area (Å²) in [6.45, 7) is 10.9. The van der Waals surface area contributed by atoms with E-state index >= 15 is 0 Å². The lowest BCUT2D eigenvalue weighted by atomic mass is 9.86. The first kappa shape index (κ1) is 17.0. The van der Waals surface area contributed by atoms with Gasteiger partial charge >= 0.3 is 0 Å². The molecule has 1 amide bonds. The van der Waals surface area contributed by atoms with E-state index in [1.807, 2.05) is 0 Å². The third kappa shape index (κ3) is 4.84. The van der Waals surface area contributed by atoms with E-state index in [9.17, 15) is 4.79 Å². The highest BCUT2D eigenvalue weighted by molar-refractivity contribution is 5.76. The molecular formula is C19H30N2O. The number of rotatable bonds is 4. The Morgan fingerprint density at radius 3 is 2.55 bits per heavy atom. The number of hydrogen-bond donors (Lipinski definition) is 2. The van der Waals surface area contributed by atoms with Crippen LogP contribution in [0.1, 0.15) is 51.7 Å². The fourth-order valence-corrected chi connectivity index (χ4v) is 2.94. The van der Waals surface area contributed by atoms with Crippen LogP contribution >= 0.6 is 0 Å². The van der Waals surface area contributed by atoms with Gasteiger partial charge in [0.2, 0.25) is 5.91 Å². The van der Waals surface area contributed by atoms with E-state index in [2.05, 4.69) is 62.6 Å². The first-order valence-electron chi connectivity index (χ1n) is 8.46. The van der Waals surface area contributed by atoms with Gasteiger partial charge in [-0.15, -0.1) is 0 Å². The Morgan fingerprint density at radius 1 is 1.27 bits per heavy atom. The zero-order chi connectivity index (χ0) is 16.2. The highest BCUT2D eigenvalue weighted by Crippen LogP contribution is 2.22. The molecule has 0 aromatic heterocycles. The van der Waals surface area contributed by atoms with Crippen molar-refractivity contribution in [2.75, 3.05) is 13.1 Å². The lowest BCUT2D eigenvalue weighted by molar-refractivity contribution is -0.122. The number of hydrogen-bond acceptors (Lipinski definition) is 2. The maximum atomic E-state index is 12.1. The third-order valence-corrected chi connectivity index (χ3v) is 4.59. The predicted molar refractivity (Wildman–Crippen MR) is 92.0 cm³/mol. The molecule has 2 unspecified atom stereocenters. The van der Waals surface area contributed by atoms with Gasteiger partial charge in [-0.05, 0) is 48.4 Å². The summed E-state index contributed by atoms with van der Waals surface area (Å²) in [4.78, 5) is 12.1. The molecule has 2 N–H and O–H groups in total. The van der Waals surface area contributed by atoms with Crippen LogP contribution in [0.25, 0.3) is 0 Å². The summed E-state index contributed by atoms with van der Waals surface area (Å²) in [6, 6.07) is 9.00. The fourth-order valence-electron chi connectivity index (χ4n) is 2.94. The quantitative estimate of drug-likeness (QED) is 0.897. The molecule has 1 aliphatic rings. The second-order valence-corrected chi connectivity index (χ2v) is 7.59. The summed E-state index contributed by atoms with van der Waals surface area (Å²) < 4.78 is 0. The number of benzene rings is 1. The summed E-state index contributed by atoms with van der Waals surface area (Å²) in [6.07, 6.45) is 2.42. The minimum Gasteiger partial charge on any atom is -0.353 e.